The van der Waals surface area contributed by atoms with Crippen LogP contribution in [0, 0.1) is 5.92 Å². The zero-order valence-electron chi connectivity index (χ0n) is 10.5. The van der Waals surface area contributed by atoms with Gasteiger partial charge >= 0.3 is 0 Å². The summed E-state index contributed by atoms with van der Waals surface area (Å²) in [4.78, 5) is 2.57. The second kappa shape index (κ2) is 4.59. The number of hydrogen-bond donors (Lipinski definition) is 1. The highest BCUT2D eigenvalue weighted by molar-refractivity contribution is 5.62. The number of anilines is 2. The van der Waals surface area contributed by atoms with Crippen molar-refractivity contribution in [2.24, 2.45) is 5.92 Å². The highest BCUT2D eigenvalue weighted by atomic mass is 15.1. The third-order valence-corrected chi connectivity index (χ3v) is 4.28. The standard InChI is InChI=1S/C15H22N2/c16-14-8-7-13-6-3-9-17(15(13)10-14)11-12-4-1-2-5-12/h7-8,10,12H,1-6,9,11,16H2. The first-order valence-electron chi connectivity index (χ1n) is 6.96. The van der Waals surface area contributed by atoms with E-state index in [4.69, 9.17) is 5.73 Å². The van der Waals surface area contributed by atoms with Gasteiger partial charge in [-0.3, -0.25) is 0 Å². The molecule has 0 atom stereocenters. The summed E-state index contributed by atoms with van der Waals surface area (Å²) in [6.45, 7) is 2.46. The fourth-order valence-electron chi connectivity index (χ4n) is 3.36. The van der Waals surface area contributed by atoms with Crippen LogP contribution in [-0.4, -0.2) is 13.1 Å². The second-order valence-electron chi connectivity index (χ2n) is 5.59. The Morgan fingerprint density at radius 3 is 2.82 bits per heavy atom. The maximum atomic E-state index is 5.93. The molecule has 1 heterocycles. The number of nitrogens with zero attached hydrogens (tertiary/aromatic N) is 1. The molecule has 2 aliphatic rings. The van der Waals surface area contributed by atoms with Gasteiger partial charge in [-0.2, -0.15) is 0 Å². The van der Waals surface area contributed by atoms with Gasteiger partial charge in [0, 0.05) is 24.5 Å². The topological polar surface area (TPSA) is 29.3 Å². The minimum Gasteiger partial charge on any atom is -0.399 e. The van der Waals surface area contributed by atoms with E-state index in [1.807, 2.05) is 6.07 Å². The van der Waals surface area contributed by atoms with E-state index in [1.54, 1.807) is 0 Å². The number of benzene rings is 1. The molecule has 0 spiro atoms. The van der Waals surface area contributed by atoms with E-state index in [0.29, 0.717) is 0 Å². The van der Waals surface area contributed by atoms with Crippen molar-refractivity contribution in [3.63, 3.8) is 0 Å². The molecule has 92 valence electrons. The predicted molar refractivity (Wildman–Crippen MR) is 73.3 cm³/mol. The predicted octanol–water partition coefficient (Wildman–Crippen LogP) is 3.21. The summed E-state index contributed by atoms with van der Waals surface area (Å²) in [5.41, 5.74) is 9.73. The van der Waals surface area contributed by atoms with Gasteiger partial charge in [0.1, 0.15) is 0 Å². The first-order chi connectivity index (χ1) is 8.33. The van der Waals surface area contributed by atoms with Crippen molar-refractivity contribution < 1.29 is 0 Å². The van der Waals surface area contributed by atoms with Crippen molar-refractivity contribution in [2.45, 2.75) is 38.5 Å². The molecule has 1 aliphatic carbocycles. The van der Waals surface area contributed by atoms with Crippen LogP contribution in [-0.2, 0) is 6.42 Å². The van der Waals surface area contributed by atoms with E-state index in [9.17, 15) is 0 Å². The molecule has 3 rings (SSSR count). The minimum absolute atomic E-state index is 0.905. The summed E-state index contributed by atoms with van der Waals surface area (Å²) >= 11 is 0. The molecular formula is C15H22N2. The van der Waals surface area contributed by atoms with Gasteiger partial charge in [0.25, 0.3) is 0 Å². The Hall–Kier alpha value is -1.18. The molecule has 1 aromatic rings. The summed E-state index contributed by atoms with van der Waals surface area (Å²) in [6, 6.07) is 6.42. The molecular weight excluding hydrogens is 208 g/mol. The molecule has 1 fully saturated rings. The fraction of sp³-hybridized carbons (Fsp3) is 0.600. The number of hydrogen-bond acceptors (Lipinski definition) is 2. The van der Waals surface area contributed by atoms with Gasteiger partial charge in [0.05, 0.1) is 0 Å². The highest BCUT2D eigenvalue weighted by Gasteiger charge is 2.22. The Balaban J connectivity index is 1.80. The monoisotopic (exact) mass is 230 g/mol. The second-order valence-corrected chi connectivity index (χ2v) is 5.59. The Morgan fingerprint density at radius 1 is 1.18 bits per heavy atom. The maximum Gasteiger partial charge on any atom is 0.0419 e. The molecule has 2 N–H and O–H groups in total. The van der Waals surface area contributed by atoms with Gasteiger partial charge in [0.15, 0.2) is 0 Å². The van der Waals surface area contributed by atoms with Gasteiger partial charge in [-0.15, -0.1) is 0 Å². The molecule has 0 radical (unpaired) electrons. The van der Waals surface area contributed by atoms with Crippen molar-refractivity contribution >= 4 is 11.4 Å². The van der Waals surface area contributed by atoms with Crippen LogP contribution in [0.3, 0.4) is 0 Å². The molecule has 0 saturated heterocycles. The SMILES string of the molecule is Nc1ccc2c(c1)N(CC1CCCC1)CCC2. The largest absolute Gasteiger partial charge is 0.399 e. The summed E-state index contributed by atoms with van der Waals surface area (Å²) < 4.78 is 0. The first-order valence-corrected chi connectivity index (χ1v) is 6.96. The van der Waals surface area contributed by atoms with Crippen LogP contribution in [0.1, 0.15) is 37.7 Å². The lowest BCUT2D eigenvalue weighted by molar-refractivity contribution is 0.519. The van der Waals surface area contributed by atoms with Crippen molar-refractivity contribution in [3.05, 3.63) is 23.8 Å². The number of fused-ring (bicyclic) bond motifs is 1. The molecule has 1 saturated carbocycles. The lowest BCUT2D eigenvalue weighted by Gasteiger charge is -2.33. The van der Waals surface area contributed by atoms with Gasteiger partial charge in [-0.1, -0.05) is 18.9 Å². The molecule has 1 aliphatic heterocycles. The zero-order chi connectivity index (χ0) is 11.7. The van der Waals surface area contributed by atoms with Gasteiger partial charge in [-0.25, -0.2) is 0 Å². The lowest BCUT2D eigenvalue weighted by Crippen LogP contribution is -2.33. The quantitative estimate of drug-likeness (QED) is 0.790. The average molecular weight is 230 g/mol. The minimum atomic E-state index is 0.905. The van der Waals surface area contributed by atoms with Crippen LogP contribution in [0.5, 0.6) is 0 Å². The van der Waals surface area contributed by atoms with Gasteiger partial charge in [0.2, 0.25) is 0 Å². The molecule has 17 heavy (non-hydrogen) atoms. The van der Waals surface area contributed by atoms with E-state index < -0.39 is 0 Å². The maximum absolute atomic E-state index is 5.93. The van der Waals surface area contributed by atoms with Crippen LogP contribution >= 0.6 is 0 Å². The summed E-state index contributed by atoms with van der Waals surface area (Å²) in [7, 11) is 0. The molecule has 0 bridgehead atoms. The zero-order valence-corrected chi connectivity index (χ0v) is 10.5. The fourth-order valence-corrected chi connectivity index (χ4v) is 3.36. The van der Waals surface area contributed by atoms with Crippen molar-refractivity contribution in [2.75, 3.05) is 23.7 Å². The summed E-state index contributed by atoms with van der Waals surface area (Å²) in [6.07, 6.45) is 8.23. The molecule has 0 amide bonds. The molecule has 2 heteroatoms. The van der Waals surface area contributed by atoms with Crippen LogP contribution in [0.25, 0.3) is 0 Å². The van der Waals surface area contributed by atoms with E-state index in [-0.39, 0.29) is 0 Å². The third kappa shape index (κ3) is 2.26. The number of nitrogen functional groups attached to an aromatic ring is 1. The van der Waals surface area contributed by atoms with Crippen LogP contribution in [0.15, 0.2) is 18.2 Å². The highest BCUT2D eigenvalue weighted by Crippen LogP contribution is 2.32. The van der Waals surface area contributed by atoms with E-state index in [0.717, 1.165) is 11.6 Å². The van der Waals surface area contributed by atoms with Crippen LogP contribution in [0.4, 0.5) is 11.4 Å². The average Bonchev–Trinajstić information content (AvgIpc) is 2.83. The van der Waals surface area contributed by atoms with E-state index in [1.165, 1.54) is 62.9 Å². The van der Waals surface area contributed by atoms with Gasteiger partial charge < -0.3 is 10.6 Å². The molecule has 0 aromatic heterocycles. The molecule has 0 unspecified atom stereocenters. The van der Waals surface area contributed by atoms with Crippen molar-refractivity contribution in [3.8, 4) is 0 Å². The smallest absolute Gasteiger partial charge is 0.0419 e. The van der Waals surface area contributed by atoms with Crippen molar-refractivity contribution in [1.82, 2.24) is 0 Å². The Kier molecular flexibility index (Phi) is 2.96. The van der Waals surface area contributed by atoms with Crippen molar-refractivity contribution in [1.29, 1.82) is 0 Å². The summed E-state index contributed by atoms with van der Waals surface area (Å²) in [5.74, 6) is 0.919. The number of rotatable bonds is 2. The van der Waals surface area contributed by atoms with E-state index in [2.05, 4.69) is 17.0 Å². The Bertz CT molecular complexity index is 394. The first kappa shape index (κ1) is 10.9. The Labute approximate surface area is 104 Å². The number of nitrogens with two attached hydrogens (primary N) is 1. The Morgan fingerprint density at radius 2 is 2.00 bits per heavy atom. The molecule has 2 nitrogen and oxygen atoms in total. The normalized spacial score (nSPS) is 20.6. The van der Waals surface area contributed by atoms with E-state index >= 15 is 0 Å². The molecule has 1 aromatic carbocycles. The van der Waals surface area contributed by atoms with Crippen LogP contribution in [0.2, 0.25) is 0 Å². The third-order valence-electron chi connectivity index (χ3n) is 4.28. The lowest BCUT2D eigenvalue weighted by atomic mass is 9.99. The number of aryl methyl sites for hydroxylation is 1. The summed E-state index contributed by atoms with van der Waals surface area (Å²) in [5, 5.41) is 0. The van der Waals surface area contributed by atoms with Gasteiger partial charge in [-0.05, 0) is 49.3 Å². The van der Waals surface area contributed by atoms with Crippen LogP contribution < -0.4 is 10.6 Å².